The Morgan fingerprint density at radius 3 is 2.85 bits per heavy atom. The molecule has 0 aromatic carbocycles. The highest BCUT2D eigenvalue weighted by atomic mass is 32.1. The summed E-state index contributed by atoms with van der Waals surface area (Å²) >= 11 is 1.67. The van der Waals surface area contributed by atoms with Gasteiger partial charge in [0.1, 0.15) is 5.69 Å². The van der Waals surface area contributed by atoms with Crippen molar-refractivity contribution in [3.05, 3.63) is 53.2 Å². The van der Waals surface area contributed by atoms with Gasteiger partial charge in [0.15, 0.2) is 12.1 Å². The summed E-state index contributed by atoms with van der Waals surface area (Å²) in [4.78, 5) is 17.8. The van der Waals surface area contributed by atoms with E-state index < -0.39 is 0 Å². The number of nitrogens with zero attached hydrogens (tertiary/aromatic N) is 3. The first-order valence-electron chi connectivity index (χ1n) is 6.37. The van der Waals surface area contributed by atoms with Gasteiger partial charge in [-0.1, -0.05) is 13.0 Å². The molecule has 3 aromatic rings. The molecule has 0 saturated carbocycles. The number of rotatable bonds is 4. The predicted molar refractivity (Wildman–Crippen MR) is 79.4 cm³/mol. The van der Waals surface area contributed by atoms with Crippen LogP contribution in [0.25, 0.3) is 16.4 Å². The van der Waals surface area contributed by atoms with Crippen LogP contribution in [0, 0.1) is 0 Å². The van der Waals surface area contributed by atoms with E-state index in [9.17, 15) is 4.79 Å². The third kappa shape index (κ3) is 2.28. The molecule has 0 aliphatic carbocycles. The van der Waals surface area contributed by atoms with Crippen molar-refractivity contribution in [2.45, 2.75) is 13.3 Å². The van der Waals surface area contributed by atoms with E-state index in [1.54, 1.807) is 28.4 Å². The van der Waals surface area contributed by atoms with Crippen LogP contribution < -0.4 is 0 Å². The maximum Gasteiger partial charge on any atom is 0.153 e. The average Bonchev–Trinajstić information content (AvgIpc) is 3.14. The zero-order chi connectivity index (χ0) is 13.9. The Hall–Kier alpha value is -2.27. The second kappa shape index (κ2) is 5.38. The fourth-order valence-corrected chi connectivity index (χ4v) is 2.92. The van der Waals surface area contributed by atoms with Crippen LogP contribution in [0.3, 0.4) is 0 Å². The number of thiophene rings is 1. The van der Waals surface area contributed by atoms with Gasteiger partial charge in [-0.3, -0.25) is 4.79 Å². The van der Waals surface area contributed by atoms with E-state index in [0.29, 0.717) is 11.4 Å². The zero-order valence-corrected chi connectivity index (χ0v) is 11.8. The highest BCUT2D eigenvalue weighted by Crippen LogP contribution is 2.29. The Bertz CT molecular complexity index is 731. The summed E-state index contributed by atoms with van der Waals surface area (Å²) in [5.74, 6) is 0.703. The maximum atomic E-state index is 11.3. The molecule has 100 valence electrons. The Labute approximate surface area is 120 Å². The van der Waals surface area contributed by atoms with Gasteiger partial charge in [-0.15, -0.1) is 11.3 Å². The number of pyridine rings is 1. The van der Waals surface area contributed by atoms with Crippen molar-refractivity contribution in [1.29, 1.82) is 0 Å². The smallest absolute Gasteiger partial charge is 0.153 e. The van der Waals surface area contributed by atoms with Crippen molar-refractivity contribution in [3.8, 4) is 16.4 Å². The van der Waals surface area contributed by atoms with Gasteiger partial charge in [0, 0.05) is 17.3 Å². The zero-order valence-electron chi connectivity index (χ0n) is 11.0. The van der Waals surface area contributed by atoms with Crippen molar-refractivity contribution in [2.24, 2.45) is 0 Å². The molecular formula is C15H13N3OS. The molecule has 3 heterocycles. The summed E-state index contributed by atoms with van der Waals surface area (Å²) in [5.41, 5.74) is 1.30. The van der Waals surface area contributed by atoms with E-state index in [1.807, 2.05) is 24.3 Å². The molecule has 3 aromatic heterocycles. The summed E-state index contributed by atoms with van der Waals surface area (Å²) in [6, 6.07) is 9.69. The number of hydrogen-bond acceptors (Lipinski definition) is 4. The Kier molecular flexibility index (Phi) is 3.43. The molecule has 0 aliphatic heterocycles. The van der Waals surface area contributed by atoms with E-state index in [0.717, 1.165) is 23.3 Å². The minimum atomic E-state index is 0.583. The van der Waals surface area contributed by atoms with Gasteiger partial charge in [0.2, 0.25) is 0 Å². The Morgan fingerprint density at radius 2 is 2.20 bits per heavy atom. The van der Waals surface area contributed by atoms with E-state index in [1.165, 1.54) is 4.88 Å². The van der Waals surface area contributed by atoms with Gasteiger partial charge < -0.3 is 0 Å². The van der Waals surface area contributed by atoms with Crippen molar-refractivity contribution in [1.82, 2.24) is 14.8 Å². The summed E-state index contributed by atoms with van der Waals surface area (Å²) in [7, 11) is 0. The monoisotopic (exact) mass is 283 g/mol. The predicted octanol–water partition coefficient (Wildman–Crippen LogP) is 3.37. The molecule has 0 radical (unpaired) electrons. The average molecular weight is 283 g/mol. The Morgan fingerprint density at radius 1 is 1.30 bits per heavy atom. The molecule has 0 aliphatic rings. The molecule has 0 N–H and O–H groups in total. The molecule has 0 saturated heterocycles. The minimum Gasteiger partial charge on any atom is -0.298 e. The normalized spacial score (nSPS) is 10.7. The van der Waals surface area contributed by atoms with E-state index in [4.69, 9.17) is 0 Å². The first-order valence-corrected chi connectivity index (χ1v) is 7.19. The van der Waals surface area contributed by atoms with Crippen LogP contribution in [0.2, 0.25) is 0 Å². The number of aromatic nitrogens is 3. The van der Waals surface area contributed by atoms with Crippen molar-refractivity contribution in [3.63, 3.8) is 0 Å². The molecule has 5 heteroatoms. The molecular weight excluding hydrogens is 270 g/mol. The standard InChI is InChI=1S/C15H13N3OS/c1-2-12-6-7-13(20-12)15-11(10-19)9-18(17-15)14-5-3-4-8-16-14/h3-10H,2H2,1H3. The van der Waals surface area contributed by atoms with Crippen molar-refractivity contribution < 1.29 is 4.79 Å². The largest absolute Gasteiger partial charge is 0.298 e. The van der Waals surface area contributed by atoms with Crippen LogP contribution >= 0.6 is 11.3 Å². The first kappa shape index (κ1) is 12.7. The third-order valence-electron chi connectivity index (χ3n) is 3.00. The second-order valence-corrected chi connectivity index (χ2v) is 5.47. The van der Waals surface area contributed by atoms with Crippen LogP contribution in [0.15, 0.2) is 42.7 Å². The number of carbonyl (C=O) groups is 1. The van der Waals surface area contributed by atoms with Gasteiger partial charge in [-0.2, -0.15) is 5.10 Å². The number of carbonyl (C=O) groups excluding carboxylic acids is 1. The quantitative estimate of drug-likeness (QED) is 0.690. The van der Waals surface area contributed by atoms with Crippen molar-refractivity contribution in [2.75, 3.05) is 0 Å². The van der Waals surface area contributed by atoms with Crippen LogP contribution in [0.4, 0.5) is 0 Å². The highest BCUT2D eigenvalue weighted by Gasteiger charge is 2.13. The van der Waals surface area contributed by atoms with Crippen LogP contribution in [-0.4, -0.2) is 21.1 Å². The minimum absolute atomic E-state index is 0.583. The molecule has 4 nitrogen and oxygen atoms in total. The summed E-state index contributed by atoms with van der Waals surface area (Å²) in [6.45, 7) is 2.11. The topological polar surface area (TPSA) is 47.8 Å². The van der Waals surface area contributed by atoms with Crippen LogP contribution in [0.5, 0.6) is 0 Å². The third-order valence-corrected chi connectivity index (χ3v) is 4.23. The highest BCUT2D eigenvalue weighted by molar-refractivity contribution is 7.15. The van der Waals surface area contributed by atoms with E-state index in [-0.39, 0.29) is 0 Å². The molecule has 20 heavy (non-hydrogen) atoms. The lowest BCUT2D eigenvalue weighted by Crippen LogP contribution is -1.96. The number of aryl methyl sites for hydroxylation is 1. The number of hydrogen-bond donors (Lipinski definition) is 0. The summed E-state index contributed by atoms with van der Waals surface area (Å²) in [6.07, 6.45) is 5.25. The fourth-order valence-electron chi connectivity index (χ4n) is 1.97. The SMILES string of the molecule is CCc1ccc(-c2nn(-c3ccccn3)cc2C=O)s1. The van der Waals surface area contributed by atoms with E-state index in [2.05, 4.69) is 23.1 Å². The molecule has 0 spiro atoms. The molecule has 0 bridgehead atoms. The summed E-state index contributed by atoms with van der Waals surface area (Å²) in [5, 5.41) is 4.50. The first-order chi connectivity index (χ1) is 9.81. The second-order valence-electron chi connectivity index (χ2n) is 4.30. The van der Waals surface area contributed by atoms with Crippen LogP contribution in [0.1, 0.15) is 22.2 Å². The van der Waals surface area contributed by atoms with Gasteiger partial charge in [-0.25, -0.2) is 9.67 Å². The van der Waals surface area contributed by atoms with Gasteiger partial charge in [-0.05, 0) is 30.7 Å². The molecule has 0 fully saturated rings. The lowest BCUT2D eigenvalue weighted by molar-refractivity contribution is 0.112. The van der Waals surface area contributed by atoms with Gasteiger partial charge >= 0.3 is 0 Å². The van der Waals surface area contributed by atoms with Crippen LogP contribution in [-0.2, 0) is 6.42 Å². The molecule has 0 atom stereocenters. The molecule has 3 rings (SSSR count). The van der Waals surface area contributed by atoms with Gasteiger partial charge in [0.05, 0.1) is 10.4 Å². The fraction of sp³-hybridized carbons (Fsp3) is 0.133. The molecule has 0 amide bonds. The van der Waals surface area contributed by atoms with Gasteiger partial charge in [0.25, 0.3) is 0 Å². The Balaban J connectivity index is 2.07. The lowest BCUT2D eigenvalue weighted by atomic mass is 10.2. The van der Waals surface area contributed by atoms with E-state index >= 15 is 0 Å². The van der Waals surface area contributed by atoms with Crippen molar-refractivity contribution >= 4 is 17.6 Å². The number of aldehydes is 1. The summed E-state index contributed by atoms with van der Waals surface area (Å²) < 4.78 is 1.64. The molecule has 0 unspecified atom stereocenters. The lowest BCUT2D eigenvalue weighted by Gasteiger charge is -1.97. The maximum absolute atomic E-state index is 11.3.